The lowest BCUT2D eigenvalue weighted by Crippen LogP contribution is -2.10. The van der Waals surface area contributed by atoms with E-state index in [1.165, 1.54) is 0 Å². The summed E-state index contributed by atoms with van der Waals surface area (Å²) in [4.78, 5) is 11.7. The molecule has 1 aromatic heterocycles. The zero-order chi connectivity index (χ0) is 15.1. The van der Waals surface area contributed by atoms with Crippen LogP contribution in [0.3, 0.4) is 0 Å². The van der Waals surface area contributed by atoms with Gasteiger partial charge < -0.3 is 14.0 Å². The first-order valence-corrected chi connectivity index (χ1v) is 7.17. The highest BCUT2D eigenvalue weighted by atomic mass is 16.5. The number of hydrogen-bond acceptors (Lipinski definition) is 3. The summed E-state index contributed by atoms with van der Waals surface area (Å²) in [5.74, 6) is -0.265. The van der Waals surface area contributed by atoms with Crippen molar-refractivity contribution in [2.75, 3.05) is 13.2 Å². The van der Waals surface area contributed by atoms with E-state index in [9.17, 15) is 4.79 Å². The summed E-state index contributed by atoms with van der Waals surface area (Å²) < 4.78 is 12.7. The summed E-state index contributed by atoms with van der Waals surface area (Å²) in [5.41, 5.74) is 2.70. The molecule has 21 heavy (non-hydrogen) atoms. The van der Waals surface area contributed by atoms with Crippen LogP contribution >= 0.6 is 0 Å². The van der Waals surface area contributed by atoms with Crippen molar-refractivity contribution in [1.29, 1.82) is 0 Å². The largest absolute Gasteiger partial charge is 0.462 e. The van der Waals surface area contributed by atoms with E-state index >= 15 is 0 Å². The Labute approximate surface area is 125 Å². The van der Waals surface area contributed by atoms with Crippen LogP contribution in [-0.2, 0) is 22.6 Å². The summed E-state index contributed by atoms with van der Waals surface area (Å²) in [6.07, 6.45) is 1.90. The molecule has 2 aromatic rings. The Morgan fingerprint density at radius 1 is 1.19 bits per heavy atom. The minimum atomic E-state index is -0.265. The molecule has 0 unspecified atom stereocenters. The van der Waals surface area contributed by atoms with Gasteiger partial charge in [-0.1, -0.05) is 30.3 Å². The molecule has 0 N–H and O–H groups in total. The van der Waals surface area contributed by atoms with Crippen molar-refractivity contribution >= 4 is 5.97 Å². The maximum atomic E-state index is 11.7. The van der Waals surface area contributed by atoms with E-state index in [0.717, 1.165) is 17.8 Å². The van der Waals surface area contributed by atoms with E-state index in [0.29, 0.717) is 25.4 Å². The Balaban J connectivity index is 1.82. The monoisotopic (exact) mass is 287 g/mol. The second-order valence-electron chi connectivity index (χ2n) is 4.77. The van der Waals surface area contributed by atoms with Crippen molar-refractivity contribution in [3.05, 3.63) is 59.4 Å². The van der Waals surface area contributed by atoms with Crippen molar-refractivity contribution in [2.24, 2.45) is 0 Å². The SMILES string of the molecule is CCOC(=O)c1ccn(CCOCc2ccccc2)c1C. The normalized spacial score (nSPS) is 10.6. The zero-order valence-electron chi connectivity index (χ0n) is 12.5. The highest BCUT2D eigenvalue weighted by Crippen LogP contribution is 2.11. The van der Waals surface area contributed by atoms with E-state index in [1.54, 1.807) is 6.07 Å². The second kappa shape index (κ2) is 7.64. The van der Waals surface area contributed by atoms with Gasteiger partial charge in [0.1, 0.15) is 0 Å². The fourth-order valence-corrected chi connectivity index (χ4v) is 2.15. The number of aromatic nitrogens is 1. The maximum absolute atomic E-state index is 11.7. The molecule has 4 heteroatoms. The van der Waals surface area contributed by atoms with Crippen molar-refractivity contribution < 1.29 is 14.3 Å². The van der Waals surface area contributed by atoms with Crippen molar-refractivity contribution in [3.8, 4) is 0 Å². The van der Waals surface area contributed by atoms with Crippen molar-refractivity contribution in [1.82, 2.24) is 4.57 Å². The molecular weight excluding hydrogens is 266 g/mol. The van der Waals surface area contributed by atoms with E-state index < -0.39 is 0 Å². The fourth-order valence-electron chi connectivity index (χ4n) is 2.15. The first-order valence-electron chi connectivity index (χ1n) is 7.17. The van der Waals surface area contributed by atoms with Crippen LogP contribution in [0.15, 0.2) is 42.6 Å². The van der Waals surface area contributed by atoms with Crippen LogP contribution < -0.4 is 0 Å². The van der Waals surface area contributed by atoms with Gasteiger partial charge in [0.2, 0.25) is 0 Å². The van der Waals surface area contributed by atoms with Gasteiger partial charge in [0.25, 0.3) is 0 Å². The van der Waals surface area contributed by atoms with Gasteiger partial charge in [-0.25, -0.2) is 4.79 Å². The standard InChI is InChI=1S/C17H21NO3/c1-3-21-17(19)16-9-10-18(14(16)2)11-12-20-13-15-7-5-4-6-8-15/h4-10H,3,11-13H2,1-2H3. The van der Waals surface area contributed by atoms with Crippen LogP contribution in [0.1, 0.15) is 28.5 Å². The molecule has 0 bridgehead atoms. The molecule has 0 saturated carbocycles. The van der Waals surface area contributed by atoms with Crippen LogP contribution in [0.5, 0.6) is 0 Å². The number of carbonyl (C=O) groups is 1. The van der Waals surface area contributed by atoms with E-state index in [1.807, 2.05) is 54.9 Å². The Hall–Kier alpha value is -2.07. The summed E-state index contributed by atoms with van der Waals surface area (Å²) >= 11 is 0. The molecule has 0 atom stereocenters. The summed E-state index contributed by atoms with van der Waals surface area (Å²) in [6, 6.07) is 11.9. The lowest BCUT2D eigenvalue weighted by molar-refractivity contribution is 0.0525. The molecule has 0 saturated heterocycles. The summed E-state index contributed by atoms with van der Waals surface area (Å²) in [5, 5.41) is 0. The van der Waals surface area contributed by atoms with Gasteiger partial charge >= 0.3 is 5.97 Å². The number of carbonyl (C=O) groups excluding carboxylic acids is 1. The molecule has 2 rings (SSSR count). The second-order valence-corrected chi connectivity index (χ2v) is 4.77. The lowest BCUT2D eigenvalue weighted by atomic mass is 10.2. The van der Waals surface area contributed by atoms with Gasteiger partial charge in [-0.15, -0.1) is 0 Å². The molecule has 1 aromatic carbocycles. The molecule has 0 amide bonds. The molecule has 0 radical (unpaired) electrons. The molecule has 0 fully saturated rings. The van der Waals surface area contributed by atoms with Gasteiger partial charge in [0, 0.05) is 18.4 Å². The van der Waals surface area contributed by atoms with Gasteiger partial charge in [-0.3, -0.25) is 0 Å². The number of nitrogens with zero attached hydrogens (tertiary/aromatic N) is 1. The molecular formula is C17H21NO3. The quantitative estimate of drug-likeness (QED) is 0.580. The molecule has 0 aliphatic rings. The average Bonchev–Trinajstić information content (AvgIpc) is 2.86. The minimum Gasteiger partial charge on any atom is -0.462 e. The van der Waals surface area contributed by atoms with Crippen LogP contribution in [0.4, 0.5) is 0 Å². The molecule has 0 spiro atoms. The highest BCUT2D eigenvalue weighted by Gasteiger charge is 2.13. The zero-order valence-corrected chi connectivity index (χ0v) is 12.5. The number of rotatable bonds is 7. The third-order valence-corrected chi connectivity index (χ3v) is 3.33. The smallest absolute Gasteiger partial charge is 0.339 e. The topological polar surface area (TPSA) is 40.5 Å². The van der Waals surface area contributed by atoms with Crippen molar-refractivity contribution in [2.45, 2.75) is 27.0 Å². The Morgan fingerprint density at radius 2 is 1.95 bits per heavy atom. The average molecular weight is 287 g/mol. The number of hydrogen-bond donors (Lipinski definition) is 0. The minimum absolute atomic E-state index is 0.265. The number of esters is 1. The van der Waals surface area contributed by atoms with Gasteiger partial charge in [0.15, 0.2) is 0 Å². The maximum Gasteiger partial charge on any atom is 0.339 e. The molecule has 112 valence electrons. The Morgan fingerprint density at radius 3 is 2.67 bits per heavy atom. The summed E-state index contributed by atoms with van der Waals surface area (Å²) in [6.45, 7) is 6.05. The molecule has 1 heterocycles. The third-order valence-electron chi connectivity index (χ3n) is 3.33. The van der Waals surface area contributed by atoms with Gasteiger partial charge in [-0.05, 0) is 25.5 Å². The number of ether oxygens (including phenoxy) is 2. The molecule has 0 aliphatic carbocycles. The van der Waals surface area contributed by atoms with E-state index in [4.69, 9.17) is 9.47 Å². The summed E-state index contributed by atoms with van der Waals surface area (Å²) in [7, 11) is 0. The highest BCUT2D eigenvalue weighted by molar-refractivity contribution is 5.90. The van der Waals surface area contributed by atoms with E-state index in [2.05, 4.69) is 0 Å². The van der Waals surface area contributed by atoms with Gasteiger partial charge in [-0.2, -0.15) is 0 Å². The first-order chi connectivity index (χ1) is 10.2. The van der Waals surface area contributed by atoms with E-state index in [-0.39, 0.29) is 5.97 Å². The molecule has 4 nitrogen and oxygen atoms in total. The predicted molar refractivity (Wildman–Crippen MR) is 81.2 cm³/mol. The lowest BCUT2D eigenvalue weighted by Gasteiger charge is -2.08. The molecule has 0 aliphatic heterocycles. The third kappa shape index (κ3) is 4.20. The Kier molecular flexibility index (Phi) is 5.58. The van der Waals surface area contributed by atoms with Crippen LogP contribution in [0, 0.1) is 6.92 Å². The van der Waals surface area contributed by atoms with Crippen molar-refractivity contribution in [3.63, 3.8) is 0 Å². The van der Waals surface area contributed by atoms with Crippen LogP contribution in [-0.4, -0.2) is 23.8 Å². The fraction of sp³-hybridized carbons (Fsp3) is 0.353. The first kappa shape index (κ1) is 15.3. The number of benzene rings is 1. The predicted octanol–water partition coefficient (Wildman–Crippen LogP) is 3.19. The van der Waals surface area contributed by atoms with Gasteiger partial charge in [0.05, 0.1) is 25.4 Å². The van der Waals surface area contributed by atoms with Crippen LogP contribution in [0.2, 0.25) is 0 Å². The Bertz CT molecular complexity index is 575. The van der Waals surface area contributed by atoms with Crippen LogP contribution in [0.25, 0.3) is 0 Å².